The van der Waals surface area contributed by atoms with Gasteiger partial charge in [-0.25, -0.2) is 0 Å². The molecule has 1 N–H and O–H groups in total. The number of nitrogens with one attached hydrogen (secondary N) is 1. The maximum Gasteiger partial charge on any atom is 0.283 e. The summed E-state index contributed by atoms with van der Waals surface area (Å²) < 4.78 is 2.20. The molecule has 0 fully saturated rings. The van der Waals surface area contributed by atoms with Gasteiger partial charge in [0, 0.05) is 17.0 Å². The molecule has 0 radical (unpaired) electrons. The molecule has 3 heterocycles. The molecule has 6 nitrogen and oxygen atoms in total. The summed E-state index contributed by atoms with van der Waals surface area (Å²) >= 11 is 7.56. The maximum atomic E-state index is 12.9. The quantitative estimate of drug-likeness (QED) is 0.458. The van der Waals surface area contributed by atoms with E-state index in [4.69, 9.17) is 17.0 Å². The SMILES string of the molecule is Cc1cccc(C)c1-n1c(C)cc(/C=C2/C(=N)N3N=C(c4ccccc4Cl)SC3=NC2=O)c1C. The first-order valence-electron chi connectivity index (χ1n) is 10.8. The number of thioether (sulfide) groups is 1. The Hall–Kier alpha value is -3.42. The number of aromatic nitrogens is 1. The molecule has 34 heavy (non-hydrogen) atoms. The first-order valence-corrected chi connectivity index (χ1v) is 12.0. The third-order valence-corrected chi connectivity index (χ3v) is 7.26. The zero-order chi connectivity index (χ0) is 24.1. The number of fused-ring (bicyclic) bond motifs is 1. The molecule has 0 saturated heterocycles. The number of amides is 1. The minimum atomic E-state index is -0.448. The Morgan fingerprint density at radius 1 is 1.03 bits per heavy atom. The monoisotopic (exact) mass is 487 g/mol. The van der Waals surface area contributed by atoms with Crippen molar-refractivity contribution in [1.82, 2.24) is 9.58 Å². The molecule has 0 unspecified atom stereocenters. The lowest BCUT2D eigenvalue weighted by Crippen LogP contribution is -2.35. The van der Waals surface area contributed by atoms with Crippen LogP contribution in [-0.4, -0.2) is 31.5 Å². The molecule has 5 rings (SSSR count). The zero-order valence-electron chi connectivity index (χ0n) is 19.2. The summed E-state index contributed by atoms with van der Waals surface area (Å²) in [6.45, 7) is 8.25. The molecule has 2 aliphatic heterocycles. The molecule has 1 amide bonds. The lowest BCUT2D eigenvalue weighted by molar-refractivity contribution is -0.114. The van der Waals surface area contributed by atoms with E-state index in [1.807, 2.05) is 44.2 Å². The van der Waals surface area contributed by atoms with Gasteiger partial charge in [-0.2, -0.15) is 15.1 Å². The highest BCUT2D eigenvalue weighted by Crippen LogP contribution is 2.34. The van der Waals surface area contributed by atoms with Crippen molar-refractivity contribution in [3.8, 4) is 5.69 Å². The summed E-state index contributed by atoms with van der Waals surface area (Å²) in [7, 11) is 0. The number of carbonyl (C=O) groups is 1. The number of carbonyl (C=O) groups excluding carboxylic acids is 1. The number of rotatable bonds is 3. The number of benzene rings is 2. The van der Waals surface area contributed by atoms with E-state index in [9.17, 15) is 4.79 Å². The third-order valence-electron chi connectivity index (χ3n) is 5.99. The van der Waals surface area contributed by atoms with Gasteiger partial charge in [-0.1, -0.05) is 48.0 Å². The van der Waals surface area contributed by atoms with Crippen LogP contribution in [-0.2, 0) is 4.79 Å². The molecule has 3 aromatic rings. The minimum Gasteiger partial charge on any atom is -0.317 e. The zero-order valence-corrected chi connectivity index (χ0v) is 20.8. The van der Waals surface area contributed by atoms with Crippen LogP contribution >= 0.6 is 23.4 Å². The van der Waals surface area contributed by atoms with Crippen molar-refractivity contribution < 1.29 is 4.79 Å². The van der Waals surface area contributed by atoms with Gasteiger partial charge in [0.1, 0.15) is 5.04 Å². The van der Waals surface area contributed by atoms with Crippen molar-refractivity contribution >= 4 is 51.4 Å². The van der Waals surface area contributed by atoms with Crippen LogP contribution in [0.1, 0.15) is 33.6 Å². The second-order valence-electron chi connectivity index (χ2n) is 8.31. The molecule has 0 bridgehead atoms. The number of hydrogen-bond donors (Lipinski definition) is 1. The number of amidine groups is 2. The van der Waals surface area contributed by atoms with Crippen LogP contribution in [0.3, 0.4) is 0 Å². The second kappa shape index (κ2) is 8.42. The van der Waals surface area contributed by atoms with Gasteiger partial charge in [-0.05, 0) is 74.4 Å². The fourth-order valence-electron chi connectivity index (χ4n) is 4.33. The summed E-state index contributed by atoms with van der Waals surface area (Å²) in [6, 6.07) is 15.6. The van der Waals surface area contributed by atoms with Gasteiger partial charge in [-0.3, -0.25) is 10.2 Å². The Morgan fingerprint density at radius 3 is 2.44 bits per heavy atom. The van der Waals surface area contributed by atoms with Crippen molar-refractivity contribution in [1.29, 1.82) is 5.41 Å². The van der Waals surface area contributed by atoms with Gasteiger partial charge >= 0.3 is 0 Å². The topological polar surface area (TPSA) is 73.8 Å². The van der Waals surface area contributed by atoms with Crippen LogP contribution < -0.4 is 0 Å². The molecular formula is C26H22ClN5OS. The van der Waals surface area contributed by atoms with E-state index in [1.165, 1.54) is 27.9 Å². The largest absolute Gasteiger partial charge is 0.317 e. The maximum absolute atomic E-state index is 12.9. The lowest BCUT2D eigenvalue weighted by Gasteiger charge is -2.20. The molecule has 0 saturated carbocycles. The predicted octanol–water partition coefficient (Wildman–Crippen LogP) is 6.03. The number of nitrogens with zero attached hydrogens (tertiary/aromatic N) is 4. The van der Waals surface area contributed by atoms with Crippen LogP contribution in [0.4, 0.5) is 0 Å². The predicted molar refractivity (Wildman–Crippen MR) is 140 cm³/mol. The lowest BCUT2D eigenvalue weighted by atomic mass is 10.1. The Kier molecular flexibility index (Phi) is 5.54. The molecule has 1 aromatic heterocycles. The summed E-state index contributed by atoms with van der Waals surface area (Å²) in [5.41, 5.74) is 7.35. The fraction of sp³-hybridized carbons (Fsp3) is 0.154. The van der Waals surface area contributed by atoms with Gasteiger partial charge in [-0.15, -0.1) is 0 Å². The average Bonchev–Trinajstić information content (AvgIpc) is 3.33. The van der Waals surface area contributed by atoms with E-state index in [0.717, 1.165) is 28.2 Å². The van der Waals surface area contributed by atoms with Gasteiger partial charge in [0.05, 0.1) is 16.3 Å². The van der Waals surface area contributed by atoms with Gasteiger partial charge in [0.15, 0.2) is 5.84 Å². The molecule has 0 aliphatic carbocycles. The Balaban J connectivity index is 1.55. The minimum absolute atomic E-state index is 0.00132. The van der Waals surface area contributed by atoms with E-state index in [1.54, 1.807) is 12.1 Å². The van der Waals surface area contributed by atoms with E-state index in [-0.39, 0.29) is 11.4 Å². The average molecular weight is 488 g/mol. The molecule has 0 atom stereocenters. The van der Waals surface area contributed by atoms with Gasteiger partial charge in [0.25, 0.3) is 5.91 Å². The summed E-state index contributed by atoms with van der Waals surface area (Å²) in [6.07, 6.45) is 1.74. The highest BCUT2D eigenvalue weighted by Gasteiger charge is 2.36. The van der Waals surface area contributed by atoms with Crippen molar-refractivity contribution in [3.63, 3.8) is 0 Å². The summed E-state index contributed by atoms with van der Waals surface area (Å²) in [5, 5.41) is 16.2. The van der Waals surface area contributed by atoms with E-state index in [0.29, 0.717) is 15.2 Å². The van der Waals surface area contributed by atoms with Crippen molar-refractivity contribution in [3.05, 3.63) is 92.8 Å². The molecule has 2 aliphatic rings. The van der Waals surface area contributed by atoms with E-state index in [2.05, 4.69) is 40.6 Å². The number of halogens is 1. The van der Waals surface area contributed by atoms with E-state index >= 15 is 0 Å². The van der Waals surface area contributed by atoms with Crippen molar-refractivity contribution in [2.45, 2.75) is 27.7 Å². The molecule has 8 heteroatoms. The van der Waals surface area contributed by atoms with Crippen LogP contribution in [0.2, 0.25) is 5.02 Å². The standard InChI is InChI=1S/C26H22ClN5OS/c1-14-8-7-9-15(2)22(14)31-16(3)12-18(17(31)4)13-20-23(28)32-26(29-24(20)33)34-25(30-32)19-10-5-6-11-21(19)27/h5-13,28H,1-4H3/b20-13-,28-23?. The smallest absolute Gasteiger partial charge is 0.283 e. The Morgan fingerprint density at radius 2 is 1.74 bits per heavy atom. The normalized spacial score (nSPS) is 16.7. The second-order valence-corrected chi connectivity index (χ2v) is 9.67. The number of aliphatic imine (C=N–C) groups is 1. The molecule has 2 aromatic carbocycles. The number of aryl methyl sites for hydroxylation is 3. The number of hydrogen-bond acceptors (Lipinski definition) is 4. The van der Waals surface area contributed by atoms with Crippen LogP contribution in [0.25, 0.3) is 11.8 Å². The van der Waals surface area contributed by atoms with Crippen LogP contribution in [0.15, 0.2) is 64.2 Å². The van der Waals surface area contributed by atoms with Crippen molar-refractivity contribution in [2.75, 3.05) is 0 Å². The van der Waals surface area contributed by atoms with Crippen molar-refractivity contribution in [2.24, 2.45) is 10.1 Å². The summed E-state index contributed by atoms with van der Waals surface area (Å²) in [4.78, 5) is 17.1. The molecular weight excluding hydrogens is 466 g/mol. The first kappa shape index (κ1) is 22.4. The Labute approximate surface area is 207 Å². The van der Waals surface area contributed by atoms with Gasteiger partial charge in [0.2, 0.25) is 5.17 Å². The fourth-order valence-corrected chi connectivity index (χ4v) is 5.54. The molecule has 170 valence electrons. The third kappa shape index (κ3) is 3.61. The van der Waals surface area contributed by atoms with Gasteiger partial charge < -0.3 is 4.57 Å². The highest BCUT2D eigenvalue weighted by molar-refractivity contribution is 8.27. The summed E-state index contributed by atoms with van der Waals surface area (Å²) in [5.74, 6) is -0.447. The van der Waals surface area contributed by atoms with E-state index < -0.39 is 5.91 Å². The van der Waals surface area contributed by atoms with Crippen LogP contribution in [0.5, 0.6) is 0 Å². The first-order chi connectivity index (χ1) is 16.3. The number of hydrazone groups is 1. The highest BCUT2D eigenvalue weighted by atomic mass is 35.5. The number of para-hydroxylation sites is 1. The Bertz CT molecular complexity index is 1460. The molecule has 0 spiro atoms. The van der Waals surface area contributed by atoms with Crippen LogP contribution in [0, 0.1) is 33.1 Å².